The molecular weight excluding hydrogens is 240 g/mol. The summed E-state index contributed by atoms with van der Waals surface area (Å²) in [6.45, 7) is 0.443. The maximum Gasteiger partial charge on any atom is 0.251 e. The van der Waals surface area contributed by atoms with Gasteiger partial charge in [-0.2, -0.15) is 0 Å². The Bertz CT molecular complexity index is 390. The van der Waals surface area contributed by atoms with Crippen molar-refractivity contribution in [3.8, 4) is 0 Å². The summed E-state index contributed by atoms with van der Waals surface area (Å²) < 4.78 is 0. The molecule has 0 aliphatic carbocycles. The van der Waals surface area contributed by atoms with Crippen LogP contribution in [-0.4, -0.2) is 18.4 Å². The van der Waals surface area contributed by atoms with Gasteiger partial charge in [0.15, 0.2) is 0 Å². The standard InChI is InChI=1S/C12H15ClN2O2/c13-8-9-3-5-10(6-4-9)12(17)15-7-1-2-11(14)16/h3-6H,1-2,7-8H2,(H2,14,16)(H,15,17). The van der Waals surface area contributed by atoms with Crippen molar-refractivity contribution >= 4 is 23.4 Å². The molecule has 0 aliphatic heterocycles. The van der Waals surface area contributed by atoms with Gasteiger partial charge < -0.3 is 11.1 Å². The number of rotatable bonds is 6. The Hall–Kier alpha value is -1.55. The van der Waals surface area contributed by atoms with Gasteiger partial charge in [-0.3, -0.25) is 9.59 Å². The lowest BCUT2D eigenvalue weighted by Gasteiger charge is -2.04. The Morgan fingerprint density at radius 3 is 2.41 bits per heavy atom. The van der Waals surface area contributed by atoms with E-state index in [1.807, 2.05) is 12.1 Å². The number of hydrogen-bond donors (Lipinski definition) is 2. The largest absolute Gasteiger partial charge is 0.370 e. The van der Waals surface area contributed by atoms with Gasteiger partial charge in [-0.25, -0.2) is 0 Å². The highest BCUT2D eigenvalue weighted by Gasteiger charge is 2.04. The molecule has 0 saturated carbocycles. The van der Waals surface area contributed by atoms with E-state index in [2.05, 4.69) is 5.32 Å². The van der Waals surface area contributed by atoms with Crippen molar-refractivity contribution in [1.29, 1.82) is 0 Å². The van der Waals surface area contributed by atoms with Crippen molar-refractivity contribution in [2.75, 3.05) is 6.54 Å². The Morgan fingerprint density at radius 2 is 1.88 bits per heavy atom. The zero-order valence-electron chi connectivity index (χ0n) is 9.41. The summed E-state index contributed by atoms with van der Waals surface area (Å²) in [5.41, 5.74) is 6.54. The molecule has 0 fully saturated rings. The first kappa shape index (κ1) is 13.5. The van der Waals surface area contributed by atoms with E-state index in [4.69, 9.17) is 17.3 Å². The molecule has 2 amide bonds. The molecule has 3 N–H and O–H groups in total. The van der Waals surface area contributed by atoms with Crippen molar-refractivity contribution in [3.05, 3.63) is 35.4 Å². The van der Waals surface area contributed by atoms with Gasteiger partial charge in [-0.15, -0.1) is 11.6 Å². The number of halogens is 1. The normalized spacial score (nSPS) is 9.94. The van der Waals surface area contributed by atoms with Crippen molar-refractivity contribution in [1.82, 2.24) is 5.32 Å². The van der Waals surface area contributed by atoms with Crippen LogP contribution in [0.1, 0.15) is 28.8 Å². The number of alkyl halides is 1. The SMILES string of the molecule is NC(=O)CCCNC(=O)c1ccc(CCl)cc1. The Labute approximate surface area is 105 Å². The number of nitrogens with two attached hydrogens (primary N) is 1. The highest BCUT2D eigenvalue weighted by atomic mass is 35.5. The summed E-state index contributed by atoms with van der Waals surface area (Å²) in [4.78, 5) is 22.1. The molecule has 0 heterocycles. The molecule has 0 spiro atoms. The molecule has 5 heteroatoms. The fourth-order valence-corrected chi connectivity index (χ4v) is 1.49. The van der Waals surface area contributed by atoms with Gasteiger partial charge >= 0.3 is 0 Å². The molecule has 0 aromatic heterocycles. The van der Waals surface area contributed by atoms with Crippen LogP contribution in [0, 0.1) is 0 Å². The summed E-state index contributed by atoms with van der Waals surface area (Å²) in [5, 5.41) is 2.71. The molecule has 4 nitrogen and oxygen atoms in total. The summed E-state index contributed by atoms with van der Waals surface area (Å²) in [5.74, 6) is -0.0816. The summed E-state index contributed by atoms with van der Waals surface area (Å²) in [6, 6.07) is 7.07. The minimum Gasteiger partial charge on any atom is -0.370 e. The Balaban J connectivity index is 2.38. The minimum absolute atomic E-state index is 0.157. The van der Waals surface area contributed by atoms with Gasteiger partial charge in [-0.05, 0) is 24.1 Å². The van der Waals surface area contributed by atoms with Crippen molar-refractivity contribution in [2.24, 2.45) is 5.73 Å². The number of hydrogen-bond acceptors (Lipinski definition) is 2. The van der Waals surface area contributed by atoms with Crippen LogP contribution >= 0.6 is 11.6 Å². The van der Waals surface area contributed by atoms with E-state index < -0.39 is 0 Å². The van der Waals surface area contributed by atoms with Crippen LogP contribution in [-0.2, 0) is 10.7 Å². The van der Waals surface area contributed by atoms with E-state index in [-0.39, 0.29) is 18.2 Å². The van der Waals surface area contributed by atoms with Crippen LogP contribution < -0.4 is 11.1 Å². The van der Waals surface area contributed by atoms with Crippen LogP contribution in [0.25, 0.3) is 0 Å². The van der Waals surface area contributed by atoms with Crippen LogP contribution in [0.2, 0.25) is 0 Å². The third-order valence-corrected chi connectivity index (χ3v) is 2.56. The number of primary amides is 1. The number of nitrogens with one attached hydrogen (secondary N) is 1. The second kappa shape index (κ2) is 6.91. The summed E-state index contributed by atoms with van der Waals surface area (Å²) >= 11 is 5.65. The molecule has 92 valence electrons. The van der Waals surface area contributed by atoms with Crippen LogP contribution in [0.3, 0.4) is 0 Å². The Morgan fingerprint density at radius 1 is 1.24 bits per heavy atom. The number of amides is 2. The first-order valence-corrected chi connectivity index (χ1v) is 5.88. The van der Waals surface area contributed by atoms with Crippen LogP contribution in [0.15, 0.2) is 24.3 Å². The second-order valence-corrected chi connectivity index (χ2v) is 3.92. The number of benzene rings is 1. The highest BCUT2D eigenvalue weighted by Crippen LogP contribution is 2.06. The lowest BCUT2D eigenvalue weighted by atomic mass is 10.1. The highest BCUT2D eigenvalue weighted by molar-refractivity contribution is 6.17. The van der Waals surface area contributed by atoms with Gasteiger partial charge in [0.05, 0.1) is 0 Å². The van der Waals surface area contributed by atoms with Gasteiger partial charge in [0.2, 0.25) is 5.91 Å². The van der Waals surface area contributed by atoms with E-state index in [9.17, 15) is 9.59 Å². The molecule has 0 unspecified atom stereocenters. The average Bonchev–Trinajstić information content (AvgIpc) is 2.34. The van der Waals surface area contributed by atoms with E-state index >= 15 is 0 Å². The lowest BCUT2D eigenvalue weighted by molar-refractivity contribution is -0.118. The molecule has 0 bridgehead atoms. The molecular formula is C12H15ClN2O2. The summed E-state index contributed by atoms with van der Waals surface area (Å²) in [7, 11) is 0. The average molecular weight is 255 g/mol. The molecule has 1 aromatic rings. The van der Waals surface area contributed by atoms with E-state index in [1.54, 1.807) is 12.1 Å². The monoisotopic (exact) mass is 254 g/mol. The van der Waals surface area contributed by atoms with Gasteiger partial charge in [0, 0.05) is 24.4 Å². The van der Waals surface area contributed by atoms with Gasteiger partial charge in [0.25, 0.3) is 5.91 Å². The topological polar surface area (TPSA) is 72.2 Å². The van der Waals surface area contributed by atoms with Gasteiger partial charge in [0.1, 0.15) is 0 Å². The quantitative estimate of drug-likeness (QED) is 0.595. The third kappa shape index (κ3) is 4.87. The first-order chi connectivity index (χ1) is 8.13. The van der Waals surface area contributed by atoms with Gasteiger partial charge in [-0.1, -0.05) is 12.1 Å². The van der Waals surface area contributed by atoms with E-state index in [1.165, 1.54) is 0 Å². The maximum absolute atomic E-state index is 11.6. The van der Waals surface area contributed by atoms with E-state index in [0.717, 1.165) is 5.56 Å². The molecule has 0 aliphatic rings. The maximum atomic E-state index is 11.6. The second-order valence-electron chi connectivity index (χ2n) is 3.66. The minimum atomic E-state index is -0.356. The molecule has 0 radical (unpaired) electrons. The fraction of sp³-hybridized carbons (Fsp3) is 0.333. The molecule has 0 saturated heterocycles. The molecule has 17 heavy (non-hydrogen) atoms. The molecule has 1 rings (SSSR count). The first-order valence-electron chi connectivity index (χ1n) is 5.35. The van der Waals surface area contributed by atoms with Crippen LogP contribution in [0.4, 0.5) is 0 Å². The van der Waals surface area contributed by atoms with Crippen molar-refractivity contribution in [3.63, 3.8) is 0 Å². The Kier molecular flexibility index (Phi) is 5.49. The zero-order chi connectivity index (χ0) is 12.7. The fourth-order valence-electron chi connectivity index (χ4n) is 1.31. The van der Waals surface area contributed by atoms with Crippen LogP contribution in [0.5, 0.6) is 0 Å². The smallest absolute Gasteiger partial charge is 0.251 e. The molecule has 0 atom stereocenters. The summed E-state index contributed by atoms with van der Waals surface area (Å²) in [6.07, 6.45) is 0.840. The van der Waals surface area contributed by atoms with Crippen molar-refractivity contribution < 1.29 is 9.59 Å². The van der Waals surface area contributed by atoms with E-state index in [0.29, 0.717) is 24.4 Å². The zero-order valence-corrected chi connectivity index (χ0v) is 10.2. The van der Waals surface area contributed by atoms with Crippen molar-refractivity contribution in [2.45, 2.75) is 18.7 Å². The number of carbonyl (C=O) groups excluding carboxylic acids is 2. The lowest BCUT2D eigenvalue weighted by Crippen LogP contribution is -2.25. The molecule has 1 aromatic carbocycles. The number of carbonyl (C=O) groups is 2. The predicted octanol–water partition coefficient (Wildman–Crippen LogP) is 1.42. The third-order valence-electron chi connectivity index (χ3n) is 2.26. The predicted molar refractivity (Wildman–Crippen MR) is 66.8 cm³/mol.